The molecule has 68 heavy (non-hydrogen) atoms. The molecule has 1 aliphatic carbocycles. The SMILES string of the molecule is CC(C)Cc1cc(-c2[c-]ccc(C3CCCCC3)c2)nc[c]1[Ge]([CH3])([CH3])[CH3].Cc1cc2c(nc1C)oc1c(-c3nc4ccc5ccccc5c4n3-c3ccccc3-c3ccccc3)[c-]cc(C)c12.[Ir]. The van der Waals surface area contributed by atoms with Gasteiger partial charge in [-0.3, -0.25) is 4.98 Å². The van der Waals surface area contributed by atoms with Gasteiger partial charge in [0, 0.05) is 47.8 Å². The number of benzene rings is 6. The predicted molar refractivity (Wildman–Crippen MR) is 283 cm³/mol. The molecule has 1 aliphatic rings. The first kappa shape index (κ1) is 47.4. The number of para-hydroxylation sites is 1. The molecule has 345 valence electrons. The van der Waals surface area contributed by atoms with Crippen LogP contribution in [-0.2, 0) is 26.5 Å². The number of imidazole rings is 1. The summed E-state index contributed by atoms with van der Waals surface area (Å²) < 4.78 is 10.4. The molecule has 1 saturated carbocycles. The van der Waals surface area contributed by atoms with Crippen molar-refractivity contribution in [3.8, 4) is 39.5 Å². The summed E-state index contributed by atoms with van der Waals surface area (Å²) >= 11 is -1.91. The Hall–Kier alpha value is -5.66. The molecule has 0 saturated heterocycles. The average Bonchev–Trinajstić information content (AvgIpc) is 3.91. The predicted octanol–water partition coefficient (Wildman–Crippen LogP) is 15.9. The second-order valence-electron chi connectivity index (χ2n) is 20.1. The summed E-state index contributed by atoms with van der Waals surface area (Å²) in [7, 11) is 0. The van der Waals surface area contributed by atoms with Gasteiger partial charge in [0.2, 0.25) is 5.71 Å². The van der Waals surface area contributed by atoms with Crippen LogP contribution in [0.15, 0.2) is 138 Å². The number of fused-ring (bicyclic) bond motifs is 6. The fourth-order valence-corrected chi connectivity index (χ4v) is 13.6. The minimum Gasteiger partial charge on any atom is -0.486 e. The van der Waals surface area contributed by atoms with Gasteiger partial charge in [-0.1, -0.05) is 96.7 Å². The minimum absolute atomic E-state index is 0. The zero-order valence-electron chi connectivity index (χ0n) is 40.6. The van der Waals surface area contributed by atoms with E-state index < -0.39 is 13.3 Å². The van der Waals surface area contributed by atoms with E-state index in [9.17, 15) is 0 Å². The van der Waals surface area contributed by atoms with Gasteiger partial charge in [0.15, 0.2) is 0 Å². The van der Waals surface area contributed by atoms with E-state index in [-0.39, 0.29) is 20.1 Å². The summed E-state index contributed by atoms with van der Waals surface area (Å²) in [6.45, 7) is 10.8. The fourth-order valence-electron chi connectivity index (χ4n) is 10.3. The van der Waals surface area contributed by atoms with Gasteiger partial charge in [-0.05, 0) is 48.6 Å². The van der Waals surface area contributed by atoms with Crippen LogP contribution in [0.5, 0.6) is 0 Å². The third-order valence-electron chi connectivity index (χ3n) is 13.8. The summed E-state index contributed by atoms with van der Waals surface area (Å²) in [4.78, 5) is 15.0. The van der Waals surface area contributed by atoms with Gasteiger partial charge in [0.1, 0.15) is 0 Å². The molecule has 0 bridgehead atoms. The first-order valence-corrected chi connectivity index (χ1v) is 31.6. The molecule has 1 radical (unpaired) electrons. The van der Waals surface area contributed by atoms with Gasteiger partial charge >= 0.3 is 163 Å². The molecule has 10 aromatic rings. The zero-order valence-corrected chi connectivity index (χ0v) is 45.1. The molecule has 11 rings (SSSR count). The Morgan fingerprint density at radius 1 is 0.765 bits per heavy atom. The zero-order chi connectivity index (χ0) is 46.4. The van der Waals surface area contributed by atoms with Crippen LogP contribution in [0.1, 0.15) is 79.8 Å². The summed E-state index contributed by atoms with van der Waals surface area (Å²) in [6.07, 6.45) is 10.2. The van der Waals surface area contributed by atoms with E-state index in [1.807, 2.05) is 13.0 Å². The van der Waals surface area contributed by atoms with E-state index in [4.69, 9.17) is 19.4 Å². The Labute approximate surface area is 418 Å². The normalized spacial score (nSPS) is 13.3. The number of aromatic nitrogens is 4. The third-order valence-corrected chi connectivity index (χ3v) is 18.1. The summed E-state index contributed by atoms with van der Waals surface area (Å²) in [5.74, 6) is 9.60. The molecule has 0 aliphatic heterocycles. The Kier molecular flexibility index (Phi) is 13.8. The molecule has 4 aromatic heterocycles. The molecule has 0 amide bonds. The first-order valence-electron chi connectivity index (χ1n) is 24.2. The van der Waals surface area contributed by atoms with Crippen molar-refractivity contribution >= 4 is 61.5 Å². The van der Waals surface area contributed by atoms with Crippen molar-refractivity contribution < 1.29 is 24.5 Å². The van der Waals surface area contributed by atoms with Crippen molar-refractivity contribution in [3.05, 3.63) is 174 Å². The van der Waals surface area contributed by atoms with Crippen molar-refractivity contribution in [3.63, 3.8) is 0 Å². The topological polar surface area (TPSA) is 56.7 Å². The number of hydrogen-bond acceptors (Lipinski definition) is 4. The standard InChI is InChI=1S/C37H26N3O.C24H34GeN.Ir/c1-22-17-19-29(35-33(22)30-21-23(2)24(3)38-37(30)41-35)36-39-31-20-18-26-13-7-8-15-28(26)34(31)40(36)32-16-10-9-14-27(32)25-11-5-4-6-12-25;1-18(2)14-22-16-24(26-17-23(22)25(3,4)5)21-13-9-12-20(15-21)19-10-7-6-8-11-19;/h4-18,20-21H,1-3H3;9,12,15-19H,6-8,10-11,14H2,1-5H3;/q2*-1;. The van der Waals surface area contributed by atoms with E-state index >= 15 is 0 Å². The Morgan fingerprint density at radius 2 is 1.51 bits per heavy atom. The van der Waals surface area contributed by atoms with Gasteiger partial charge in [-0.2, -0.15) is 0 Å². The van der Waals surface area contributed by atoms with E-state index in [2.05, 4.69) is 189 Å². The molecule has 4 heterocycles. The molecular formula is C61H60GeIrN4O-2. The number of nitrogens with zero attached hydrogens (tertiary/aromatic N) is 4. The van der Waals surface area contributed by atoms with Crippen molar-refractivity contribution in [1.82, 2.24) is 19.5 Å². The first-order chi connectivity index (χ1) is 32.4. The number of hydrogen-bond donors (Lipinski definition) is 0. The van der Waals surface area contributed by atoms with Crippen LogP contribution in [0.25, 0.3) is 83.3 Å². The summed E-state index contributed by atoms with van der Waals surface area (Å²) in [5.41, 5.74) is 16.0. The molecule has 7 heteroatoms. The quantitative estimate of drug-likeness (QED) is 0.112. The van der Waals surface area contributed by atoms with Gasteiger partial charge in [0.25, 0.3) is 0 Å². The van der Waals surface area contributed by atoms with Crippen molar-refractivity contribution in [1.29, 1.82) is 0 Å². The van der Waals surface area contributed by atoms with E-state index in [1.165, 1.54) is 54.2 Å². The third kappa shape index (κ3) is 9.28. The summed E-state index contributed by atoms with van der Waals surface area (Å²) in [6, 6.07) is 52.2. The number of aryl methyl sites for hydroxylation is 3. The van der Waals surface area contributed by atoms with Crippen LogP contribution in [0.4, 0.5) is 0 Å². The van der Waals surface area contributed by atoms with E-state index in [0.29, 0.717) is 11.6 Å². The van der Waals surface area contributed by atoms with Crippen LogP contribution in [0.2, 0.25) is 17.3 Å². The van der Waals surface area contributed by atoms with Crippen LogP contribution in [-0.4, -0.2) is 32.8 Å². The number of rotatable bonds is 8. The van der Waals surface area contributed by atoms with Crippen molar-refractivity contribution in [2.75, 3.05) is 0 Å². The van der Waals surface area contributed by atoms with Crippen LogP contribution >= 0.6 is 0 Å². The fraction of sp³-hybridized carbons (Fsp3) is 0.262. The van der Waals surface area contributed by atoms with E-state index in [1.54, 1.807) is 4.40 Å². The van der Waals surface area contributed by atoms with Crippen molar-refractivity contribution in [2.45, 2.75) is 96.3 Å². The molecule has 5 nitrogen and oxygen atoms in total. The summed E-state index contributed by atoms with van der Waals surface area (Å²) in [5, 5.41) is 4.40. The Balaban J connectivity index is 0.000000186. The second kappa shape index (κ2) is 19.8. The molecule has 0 spiro atoms. The van der Waals surface area contributed by atoms with Gasteiger partial charge < -0.3 is 8.98 Å². The Bertz CT molecular complexity index is 3430. The minimum atomic E-state index is -1.91. The van der Waals surface area contributed by atoms with E-state index in [0.717, 1.165) is 95.8 Å². The molecule has 0 atom stereocenters. The van der Waals surface area contributed by atoms with Crippen LogP contribution in [0, 0.1) is 38.8 Å². The second-order valence-corrected chi connectivity index (χ2v) is 30.7. The van der Waals surface area contributed by atoms with Gasteiger partial charge in [-0.15, -0.1) is 17.7 Å². The van der Waals surface area contributed by atoms with Gasteiger partial charge in [-0.25, -0.2) is 4.98 Å². The molecule has 0 N–H and O–H groups in total. The van der Waals surface area contributed by atoms with Crippen molar-refractivity contribution in [2.24, 2.45) is 5.92 Å². The molecule has 1 fully saturated rings. The maximum atomic E-state index is 6.55. The maximum absolute atomic E-state index is 6.55. The molecule has 6 aromatic carbocycles. The van der Waals surface area contributed by atoms with Crippen LogP contribution in [0.3, 0.4) is 0 Å². The number of pyridine rings is 2. The largest absolute Gasteiger partial charge is 0.486 e. The Morgan fingerprint density at radius 3 is 2.29 bits per heavy atom. The van der Waals surface area contributed by atoms with Crippen LogP contribution < -0.4 is 4.40 Å². The average molecular weight is 1130 g/mol. The molecule has 0 unspecified atom stereocenters. The number of furan rings is 1. The van der Waals surface area contributed by atoms with Gasteiger partial charge in [0.05, 0.1) is 22.4 Å². The monoisotopic (exact) mass is 1130 g/mol. The maximum Gasteiger partial charge on any atom is 0.216 e. The smallest absolute Gasteiger partial charge is 0.216 e. The molecular weight excluding hydrogens is 1070 g/mol.